The minimum Gasteiger partial charge on any atom is -0.359 e. The van der Waals surface area contributed by atoms with Crippen LogP contribution >= 0.6 is 0 Å². The lowest BCUT2D eigenvalue weighted by molar-refractivity contribution is -0.139. The van der Waals surface area contributed by atoms with Gasteiger partial charge in [-0.1, -0.05) is 78.0 Å². The number of carbonyl (C=O) groups excluding carboxylic acids is 1. The van der Waals surface area contributed by atoms with Crippen molar-refractivity contribution in [1.29, 1.82) is 0 Å². The van der Waals surface area contributed by atoms with E-state index in [9.17, 15) is 9.18 Å². The lowest BCUT2D eigenvalue weighted by Gasteiger charge is -2.34. The number of carbonyl (C=O) groups is 1. The molecule has 1 aliphatic heterocycles. The van der Waals surface area contributed by atoms with Gasteiger partial charge in [-0.15, -0.1) is 0 Å². The van der Waals surface area contributed by atoms with E-state index in [4.69, 9.17) is 9.26 Å². The lowest BCUT2D eigenvalue weighted by Crippen LogP contribution is -2.49. The van der Waals surface area contributed by atoms with Gasteiger partial charge in [0.05, 0.1) is 6.54 Å². The minimum atomic E-state index is -0.325. The van der Waals surface area contributed by atoms with Crippen LogP contribution in [0.15, 0.2) is 95.5 Å². The lowest BCUT2D eigenvalue weighted by atomic mass is 10.0. The fourth-order valence-electron chi connectivity index (χ4n) is 4.45. The largest absolute Gasteiger partial charge is 0.359 e. The molecule has 0 spiro atoms. The zero-order valence-electron chi connectivity index (χ0n) is 19.9. The molecule has 0 bridgehead atoms. The number of rotatable bonds is 8. The van der Waals surface area contributed by atoms with Crippen LogP contribution in [0.2, 0.25) is 0 Å². The van der Waals surface area contributed by atoms with Crippen LogP contribution < -0.4 is 0 Å². The van der Waals surface area contributed by atoms with Gasteiger partial charge in [-0.3, -0.25) is 9.69 Å². The van der Waals surface area contributed by atoms with Crippen molar-refractivity contribution in [3.8, 4) is 11.3 Å². The molecule has 184 valence electrons. The van der Waals surface area contributed by atoms with Crippen LogP contribution in [0, 0.1) is 5.82 Å². The number of hydrogen-bond donors (Lipinski definition) is 0. The third-order valence-corrected chi connectivity index (χ3v) is 6.39. The van der Waals surface area contributed by atoms with E-state index in [0.717, 1.165) is 11.1 Å². The third-order valence-electron chi connectivity index (χ3n) is 6.39. The molecule has 0 aliphatic carbocycles. The molecule has 4 aromatic rings. The summed E-state index contributed by atoms with van der Waals surface area (Å²) in [5.41, 5.74) is 2.94. The Hall–Kier alpha value is -3.81. The highest BCUT2D eigenvalue weighted by Gasteiger charge is 2.24. The van der Waals surface area contributed by atoms with Gasteiger partial charge in [-0.25, -0.2) is 4.39 Å². The molecule has 0 saturated carbocycles. The first kappa shape index (κ1) is 23.9. The second kappa shape index (κ2) is 11.3. The number of aromatic nitrogens is 1. The van der Waals surface area contributed by atoms with Gasteiger partial charge in [0.2, 0.25) is 5.91 Å². The molecule has 2 heterocycles. The second-order valence-corrected chi connectivity index (χ2v) is 8.83. The highest BCUT2D eigenvalue weighted by atomic mass is 19.1. The molecule has 1 fully saturated rings. The normalized spacial score (nSPS) is 14.3. The number of nitrogens with zero attached hydrogens (tertiary/aromatic N) is 3. The Balaban J connectivity index is 1.14. The minimum absolute atomic E-state index is 0.0164. The molecule has 1 aliphatic rings. The van der Waals surface area contributed by atoms with Gasteiger partial charge in [0, 0.05) is 37.8 Å². The van der Waals surface area contributed by atoms with E-state index in [1.54, 1.807) is 24.3 Å². The molecule has 36 heavy (non-hydrogen) atoms. The quantitative estimate of drug-likeness (QED) is 0.354. The van der Waals surface area contributed by atoms with Crippen LogP contribution in [-0.2, 0) is 16.1 Å². The summed E-state index contributed by atoms with van der Waals surface area (Å²) in [6.07, 6.45) is -0.298. The van der Waals surface area contributed by atoms with Gasteiger partial charge < -0.3 is 14.2 Å². The van der Waals surface area contributed by atoms with Crippen molar-refractivity contribution < 1.29 is 18.4 Å². The molecular formula is C29H28FN3O3. The molecule has 7 heteroatoms. The van der Waals surface area contributed by atoms with Gasteiger partial charge >= 0.3 is 0 Å². The summed E-state index contributed by atoms with van der Waals surface area (Å²) >= 11 is 0. The number of piperazine rings is 1. The summed E-state index contributed by atoms with van der Waals surface area (Å²) in [5, 5.41) is 4.02. The SMILES string of the molecule is O=C(COC(c1ccccc1)c1ccccc1)N1CCN(Cc2cc(-c3ccccc3F)no2)CC1. The van der Waals surface area contributed by atoms with E-state index < -0.39 is 0 Å². The maximum Gasteiger partial charge on any atom is 0.248 e. The monoisotopic (exact) mass is 485 g/mol. The van der Waals surface area contributed by atoms with E-state index in [1.165, 1.54) is 6.07 Å². The maximum atomic E-state index is 14.0. The third kappa shape index (κ3) is 5.70. The number of hydrogen-bond acceptors (Lipinski definition) is 5. The molecular weight excluding hydrogens is 457 g/mol. The van der Waals surface area contributed by atoms with E-state index in [0.29, 0.717) is 49.7 Å². The predicted molar refractivity (Wildman–Crippen MR) is 134 cm³/mol. The van der Waals surface area contributed by atoms with E-state index in [-0.39, 0.29) is 24.4 Å². The summed E-state index contributed by atoms with van der Waals surface area (Å²) in [6, 6.07) is 28.2. The van der Waals surface area contributed by atoms with Crippen molar-refractivity contribution >= 4 is 5.91 Å². The zero-order chi connectivity index (χ0) is 24.7. The van der Waals surface area contributed by atoms with Crippen molar-refractivity contribution in [2.45, 2.75) is 12.6 Å². The molecule has 3 aromatic carbocycles. The van der Waals surface area contributed by atoms with Crippen molar-refractivity contribution in [1.82, 2.24) is 15.0 Å². The zero-order valence-corrected chi connectivity index (χ0v) is 19.9. The van der Waals surface area contributed by atoms with E-state index in [2.05, 4.69) is 10.1 Å². The summed E-state index contributed by atoms with van der Waals surface area (Å²) in [7, 11) is 0. The Morgan fingerprint density at radius 2 is 1.50 bits per heavy atom. The second-order valence-electron chi connectivity index (χ2n) is 8.83. The fraction of sp³-hybridized carbons (Fsp3) is 0.241. The van der Waals surface area contributed by atoms with Crippen molar-refractivity contribution in [3.63, 3.8) is 0 Å². The Morgan fingerprint density at radius 3 is 2.14 bits per heavy atom. The number of amides is 1. The number of benzene rings is 3. The Morgan fingerprint density at radius 1 is 0.889 bits per heavy atom. The van der Waals surface area contributed by atoms with Crippen LogP contribution in [0.1, 0.15) is 23.0 Å². The molecule has 5 rings (SSSR count). The molecule has 1 saturated heterocycles. The Kier molecular flexibility index (Phi) is 7.50. The summed E-state index contributed by atoms with van der Waals surface area (Å²) in [6.45, 7) is 3.22. The van der Waals surface area contributed by atoms with Crippen LogP contribution in [0.4, 0.5) is 4.39 Å². The average Bonchev–Trinajstić information content (AvgIpc) is 3.39. The first-order valence-corrected chi connectivity index (χ1v) is 12.1. The maximum absolute atomic E-state index is 14.0. The molecule has 0 unspecified atom stereocenters. The Labute approximate surface area is 209 Å². The van der Waals surface area contributed by atoms with Crippen LogP contribution in [-0.4, -0.2) is 53.6 Å². The molecule has 1 amide bonds. The molecule has 0 N–H and O–H groups in total. The van der Waals surface area contributed by atoms with Gasteiger partial charge in [-0.05, 0) is 23.3 Å². The van der Waals surface area contributed by atoms with E-state index >= 15 is 0 Å². The molecule has 1 aromatic heterocycles. The number of halogens is 1. The average molecular weight is 486 g/mol. The first-order valence-electron chi connectivity index (χ1n) is 12.1. The standard InChI is InChI=1S/C29H28FN3O3/c30-26-14-8-7-13-25(26)27-19-24(36-31-27)20-32-15-17-33(18-16-32)28(34)21-35-29(22-9-3-1-4-10-22)23-11-5-2-6-12-23/h1-14,19,29H,15-18,20-21H2. The van der Waals surface area contributed by atoms with Crippen LogP contribution in [0.5, 0.6) is 0 Å². The van der Waals surface area contributed by atoms with Crippen LogP contribution in [0.25, 0.3) is 11.3 Å². The molecule has 0 atom stereocenters. The van der Waals surface area contributed by atoms with Crippen molar-refractivity contribution in [2.75, 3.05) is 32.8 Å². The van der Waals surface area contributed by atoms with Gasteiger partial charge in [0.15, 0.2) is 5.76 Å². The topological polar surface area (TPSA) is 58.8 Å². The highest BCUT2D eigenvalue weighted by Crippen LogP contribution is 2.26. The van der Waals surface area contributed by atoms with Gasteiger partial charge in [-0.2, -0.15) is 0 Å². The van der Waals surface area contributed by atoms with Gasteiger partial charge in [0.25, 0.3) is 0 Å². The first-order chi connectivity index (χ1) is 17.7. The Bertz CT molecular complexity index is 1230. The molecule has 6 nitrogen and oxygen atoms in total. The summed E-state index contributed by atoms with van der Waals surface area (Å²) in [4.78, 5) is 17.0. The summed E-state index contributed by atoms with van der Waals surface area (Å²) in [5.74, 6) is 0.325. The smallest absolute Gasteiger partial charge is 0.248 e. The highest BCUT2D eigenvalue weighted by molar-refractivity contribution is 5.77. The van der Waals surface area contributed by atoms with Crippen molar-refractivity contribution in [2.24, 2.45) is 0 Å². The fourth-order valence-corrected chi connectivity index (χ4v) is 4.45. The van der Waals surface area contributed by atoms with Crippen molar-refractivity contribution in [3.05, 3.63) is 114 Å². The van der Waals surface area contributed by atoms with Gasteiger partial charge in [0.1, 0.15) is 24.2 Å². The molecule has 0 radical (unpaired) electrons. The number of ether oxygens (including phenoxy) is 1. The summed E-state index contributed by atoms with van der Waals surface area (Å²) < 4.78 is 25.6. The van der Waals surface area contributed by atoms with E-state index in [1.807, 2.05) is 65.6 Å². The van der Waals surface area contributed by atoms with Crippen LogP contribution in [0.3, 0.4) is 0 Å². The predicted octanol–water partition coefficient (Wildman–Crippen LogP) is 4.93.